The van der Waals surface area contributed by atoms with E-state index >= 15 is 0 Å². The maximum absolute atomic E-state index is 11.5. The fraction of sp³-hybridized carbons (Fsp3) is 0.417. The highest BCUT2D eigenvalue weighted by molar-refractivity contribution is 9.10. The highest BCUT2D eigenvalue weighted by atomic mass is 79.9. The Hall–Kier alpha value is -1.63. The molecular formula is C12H16BrN3O3. The molecule has 0 bridgehead atoms. The fourth-order valence-electron chi connectivity index (χ4n) is 1.32. The van der Waals surface area contributed by atoms with Crippen molar-refractivity contribution in [2.45, 2.75) is 13.8 Å². The van der Waals surface area contributed by atoms with Crippen molar-refractivity contribution < 1.29 is 9.72 Å². The monoisotopic (exact) mass is 329 g/mol. The Balaban J connectivity index is 2.54. The van der Waals surface area contributed by atoms with E-state index in [1.165, 1.54) is 12.1 Å². The van der Waals surface area contributed by atoms with Crippen LogP contribution >= 0.6 is 15.9 Å². The van der Waals surface area contributed by atoms with Crippen LogP contribution in [0.5, 0.6) is 0 Å². The summed E-state index contributed by atoms with van der Waals surface area (Å²) >= 11 is 3.23. The van der Waals surface area contributed by atoms with Crippen molar-refractivity contribution in [3.63, 3.8) is 0 Å². The quantitative estimate of drug-likeness (QED) is 0.620. The molecule has 7 heteroatoms. The first-order valence-electron chi connectivity index (χ1n) is 5.84. The summed E-state index contributed by atoms with van der Waals surface area (Å²) in [5.41, 5.74) is 0.645. The molecule has 1 aromatic carbocycles. The Morgan fingerprint density at radius 3 is 2.68 bits per heavy atom. The van der Waals surface area contributed by atoms with E-state index in [9.17, 15) is 14.9 Å². The molecule has 0 spiro atoms. The van der Waals surface area contributed by atoms with E-state index in [1.54, 1.807) is 6.07 Å². The number of benzene rings is 1. The van der Waals surface area contributed by atoms with Crippen molar-refractivity contribution in [2.24, 2.45) is 5.92 Å². The summed E-state index contributed by atoms with van der Waals surface area (Å²) in [7, 11) is 0. The van der Waals surface area contributed by atoms with Crippen LogP contribution in [-0.4, -0.2) is 23.9 Å². The average Bonchev–Trinajstić information content (AvgIpc) is 2.34. The van der Waals surface area contributed by atoms with Crippen LogP contribution in [0.2, 0.25) is 0 Å². The van der Waals surface area contributed by atoms with Crippen LogP contribution in [0, 0.1) is 16.0 Å². The van der Waals surface area contributed by atoms with Gasteiger partial charge in [-0.05, 0) is 27.9 Å². The van der Waals surface area contributed by atoms with Crippen molar-refractivity contribution in [2.75, 3.05) is 18.4 Å². The van der Waals surface area contributed by atoms with Gasteiger partial charge in [0.05, 0.1) is 11.5 Å². The van der Waals surface area contributed by atoms with Crippen LogP contribution in [0.1, 0.15) is 13.8 Å². The smallest absolute Gasteiger partial charge is 0.270 e. The molecule has 1 rings (SSSR count). The number of nitro groups is 1. The molecule has 2 N–H and O–H groups in total. The Morgan fingerprint density at radius 2 is 2.16 bits per heavy atom. The van der Waals surface area contributed by atoms with Crippen LogP contribution in [0.15, 0.2) is 22.7 Å². The van der Waals surface area contributed by atoms with Crippen molar-refractivity contribution >= 4 is 33.2 Å². The molecule has 0 atom stereocenters. The number of anilines is 1. The van der Waals surface area contributed by atoms with Gasteiger partial charge in [-0.25, -0.2) is 0 Å². The summed E-state index contributed by atoms with van der Waals surface area (Å²) in [6.07, 6.45) is 0. The molecule has 1 amide bonds. The molecule has 0 aliphatic heterocycles. The summed E-state index contributed by atoms with van der Waals surface area (Å²) in [5.74, 6) is 0.286. The predicted octanol–water partition coefficient (Wildman–Crippen LogP) is 2.54. The fourth-order valence-corrected chi connectivity index (χ4v) is 1.82. The number of non-ortho nitro benzene ring substituents is 1. The number of hydrogen-bond acceptors (Lipinski definition) is 4. The summed E-state index contributed by atoms with van der Waals surface area (Å²) in [6, 6.07) is 4.35. The van der Waals surface area contributed by atoms with Gasteiger partial charge in [-0.3, -0.25) is 14.9 Å². The maximum Gasteiger partial charge on any atom is 0.270 e. The van der Waals surface area contributed by atoms with Gasteiger partial charge >= 0.3 is 0 Å². The first kappa shape index (κ1) is 15.4. The zero-order valence-corrected chi connectivity index (χ0v) is 12.4. The summed E-state index contributed by atoms with van der Waals surface area (Å²) < 4.78 is 0.554. The van der Waals surface area contributed by atoms with Crippen molar-refractivity contribution in [1.82, 2.24) is 5.32 Å². The van der Waals surface area contributed by atoms with Crippen molar-refractivity contribution in [3.05, 3.63) is 32.8 Å². The van der Waals surface area contributed by atoms with Crippen LogP contribution in [0.25, 0.3) is 0 Å². The number of nitro benzene ring substituents is 1. The summed E-state index contributed by atoms with van der Waals surface area (Å²) in [6.45, 7) is 4.78. The molecule has 104 valence electrons. The van der Waals surface area contributed by atoms with Crippen LogP contribution in [-0.2, 0) is 4.79 Å². The van der Waals surface area contributed by atoms with E-state index in [-0.39, 0.29) is 18.1 Å². The number of carbonyl (C=O) groups is 1. The highest BCUT2D eigenvalue weighted by Gasteiger charge is 2.09. The number of halogens is 1. The highest BCUT2D eigenvalue weighted by Crippen LogP contribution is 2.26. The van der Waals surface area contributed by atoms with Crippen LogP contribution in [0.3, 0.4) is 0 Å². The number of nitrogens with one attached hydrogen (secondary N) is 2. The molecule has 0 aromatic heterocycles. The second-order valence-corrected chi connectivity index (χ2v) is 5.33. The molecule has 0 saturated carbocycles. The van der Waals surface area contributed by atoms with E-state index < -0.39 is 4.92 Å². The van der Waals surface area contributed by atoms with E-state index in [4.69, 9.17) is 0 Å². The van der Waals surface area contributed by atoms with Crippen LogP contribution in [0.4, 0.5) is 11.4 Å². The van der Waals surface area contributed by atoms with Gasteiger partial charge in [0.15, 0.2) is 0 Å². The second kappa shape index (κ2) is 7.08. The normalized spacial score (nSPS) is 10.3. The molecule has 0 saturated heterocycles. The van der Waals surface area contributed by atoms with Gasteiger partial charge in [-0.2, -0.15) is 0 Å². The zero-order chi connectivity index (χ0) is 14.4. The molecular weight excluding hydrogens is 314 g/mol. The van der Waals surface area contributed by atoms with Gasteiger partial charge in [0, 0.05) is 28.8 Å². The lowest BCUT2D eigenvalue weighted by Crippen LogP contribution is -2.32. The summed E-state index contributed by atoms with van der Waals surface area (Å²) in [4.78, 5) is 21.6. The molecule has 19 heavy (non-hydrogen) atoms. The Morgan fingerprint density at radius 1 is 1.47 bits per heavy atom. The maximum atomic E-state index is 11.5. The number of carbonyl (C=O) groups excluding carboxylic acids is 1. The molecule has 6 nitrogen and oxygen atoms in total. The lowest BCUT2D eigenvalue weighted by atomic mass is 10.2. The first-order chi connectivity index (χ1) is 8.90. The molecule has 1 aromatic rings. The topological polar surface area (TPSA) is 84.3 Å². The van der Waals surface area contributed by atoms with Gasteiger partial charge < -0.3 is 10.6 Å². The minimum atomic E-state index is -0.468. The Labute approximate surface area is 119 Å². The standard InChI is InChI=1S/C12H16BrN3O3/c1-8(2)6-15-12(17)7-14-11-4-3-9(16(18)19)5-10(11)13/h3-5,8,14H,6-7H2,1-2H3,(H,15,17). The minimum Gasteiger partial charge on any atom is -0.375 e. The molecule has 0 aliphatic carbocycles. The third-order valence-corrected chi connectivity index (χ3v) is 2.97. The van der Waals surface area contributed by atoms with Gasteiger partial charge in [-0.1, -0.05) is 13.8 Å². The van der Waals surface area contributed by atoms with E-state index in [1.807, 2.05) is 13.8 Å². The third-order valence-electron chi connectivity index (χ3n) is 2.31. The van der Waals surface area contributed by atoms with E-state index in [2.05, 4.69) is 26.6 Å². The molecule has 0 radical (unpaired) electrons. The summed E-state index contributed by atoms with van der Waals surface area (Å²) in [5, 5.41) is 16.3. The lowest BCUT2D eigenvalue weighted by molar-refractivity contribution is -0.384. The van der Waals surface area contributed by atoms with Gasteiger partial charge in [0.25, 0.3) is 5.69 Å². The minimum absolute atomic E-state index is 0.00156. The molecule has 0 fully saturated rings. The molecule has 0 unspecified atom stereocenters. The predicted molar refractivity (Wildman–Crippen MR) is 77.1 cm³/mol. The Bertz CT molecular complexity index is 477. The Kier molecular flexibility index (Phi) is 5.75. The van der Waals surface area contributed by atoms with Crippen molar-refractivity contribution in [3.8, 4) is 0 Å². The SMILES string of the molecule is CC(C)CNC(=O)CNc1ccc([N+](=O)[O-])cc1Br. The molecule has 0 aliphatic rings. The van der Waals surface area contributed by atoms with E-state index in [0.717, 1.165) is 0 Å². The number of amides is 1. The number of rotatable bonds is 6. The lowest BCUT2D eigenvalue weighted by Gasteiger charge is -2.10. The van der Waals surface area contributed by atoms with Crippen LogP contribution < -0.4 is 10.6 Å². The van der Waals surface area contributed by atoms with Crippen molar-refractivity contribution in [1.29, 1.82) is 0 Å². The molecule has 0 heterocycles. The van der Waals surface area contributed by atoms with Gasteiger partial charge in [-0.15, -0.1) is 0 Å². The second-order valence-electron chi connectivity index (χ2n) is 4.47. The third kappa shape index (κ3) is 5.25. The first-order valence-corrected chi connectivity index (χ1v) is 6.64. The van der Waals surface area contributed by atoms with Gasteiger partial charge in [0.1, 0.15) is 0 Å². The zero-order valence-electron chi connectivity index (χ0n) is 10.8. The largest absolute Gasteiger partial charge is 0.375 e. The van der Waals surface area contributed by atoms with Gasteiger partial charge in [0.2, 0.25) is 5.91 Å². The number of nitrogens with zero attached hydrogens (tertiary/aromatic N) is 1. The van der Waals surface area contributed by atoms with E-state index in [0.29, 0.717) is 22.6 Å². The average molecular weight is 330 g/mol. The number of hydrogen-bond donors (Lipinski definition) is 2.